The molecule has 1 unspecified atom stereocenters. The SMILES string of the molecule is COCC1CCN(C(=O)CC2(CS)CC2)C1. The first-order valence-electron chi connectivity index (χ1n) is 6.07. The number of likely N-dealkylation sites (tertiary alicyclic amines) is 1. The van der Waals surface area contributed by atoms with Crippen molar-refractivity contribution in [2.24, 2.45) is 11.3 Å². The molecule has 16 heavy (non-hydrogen) atoms. The Hall–Kier alpha value is -0.220. The number of amides is 1. The summed E-state index contributed by atoms with van der Waals surface area (Å²) in [6, 6.07) is 0. The summed E-state index contributed by atoms with van der Waals surface area (Å²) in [6.45, 7) is 2.58. The van der Waals surface area contributed by atoms with Crippen molar-refractivity contribution < 1.29 is 9.53 Å². The molecule has 3 nitrogen and oxygen atoms in total. The second kappa shape index (κ2) is 4.96. The monoisotopic (exact) mass is 243 g/mol. The third kappa shape index (κ3) is 2.72. The van der Waals surface area contributed by atoms with E-state index < -0.39 is 0 Å². The molecule has 2 rings (SSSR count). The maximum atomic E-state index is 12.1. The first-order valence-corrected chi connectivity index (χ1v) is 6.70. The van der Waals surface area contributed by atoms with Crippen LogP contribution in [0.15, 0.2) is 0 Å². The maximum Gasteiger partial charge on any atom is 0.223 e. The summed E-state index contributed by atoms with van der Waals surface area (Å²) in [4.78, 5) is 14.1. The molecule has 0 aromatic carbocycles. The molecule has 92 valence electrons. The normalized spacial score (nSPS) is 27.1. The molecule has 1 heterocycles. The summed E-state index contributed by atoms with van der Waals surface area (Å²) in [7, 11) is 1.73. The topological polar surface area (TPSA) is 29.5 Å². The molecule has 1 saturated carbocycles. The number of thiol groups is 1. The molecule has 0 aromatic heterocycles. The Morgan fingerprint density at radius 2 is 2.31 bits per heavy atom. The van der Waals surface area contributed by atoms with Crippen molar-refractivity contribution in [1.82, 2.24) is 4.90 Å². The van der Waals surface area contributed by atoms with Crippen LogP contribution in [-0.4, -0.2) is 43.4 Å². The lowest BCUT2D eigenvalue weighted by Gasteiger charge is -2.19. The highest BCUT2D eigenvalue weighted by Gasteiger charge is 2.44. The quantitative estimate of drug-likeness (QED) is 0.743. The summed E-state index contributed by atoms with van der Waals surface area (Å²) < 4.78 is 5.14. The molecule has 0 bridgehead atoms. The Morgan fingerprint density at radius 3 is 2.88 bits per heavy atom. The van der Waals surface area contributed by atoms with Crippen LogP contribution < -0.4 is 0 Å². The van der Waals surface area contributed by atoms with Gasteiger partial charge in [-0.3, -0.25) is 4.79 Å². The third-order valence-electron chi connectivity index (χ3n) is 3.86. The van der Waals surface area contributed by atoms with Crippen LogP contribution in [0.4, 0.5) is 0 Å². The molecule has 1 aliphatic heterocycles. The molecule has 1 amide bonds. The Kier molecular flexibility index (Phi) is 3.80. The Morgan fingerprint density at radius 1 is 1.56 bits per heavy atom. The van der Waals surface area contributed by atoms with Crippen molar-refractivity contribution in [3.8, 4) is 0 Å². The molecule has 0 spiro atoms. The van der Waals surface area contributed by atoms with E-state index in [0.29, 0.717) is 18.2 Å². The lowest BCUT2D eigenvalue weighted by molar-refractivity contribution is -0.131. The van der Waals surface area contributed by atoms with E-state index in [2.05, 4.69) is 12.6 Å². The van der Waals surface area contributed by atoms with Gasteiger partial charge in [0.15, 0.2) is 0 Å². The van der Waals surface area contributed by atoms with Crippen LogP contribution in [0.2, 0.25) is 0 Å². The molecule has 0 radical (unpaired) electrons. The smallest absolute Gasteiger partial charge is 0.223 e. The minimum Gasteiger partial charge on any atom is -0.384 e. The Balaban J connectivity index is 1.78. The van der Waals surface area contributed by atoms with Crippen LogP contribution in [0.25, 0.3) is 0 Å². The minimum atomic E-state index is 0.250. The van der Waals surface area contributed by atoms with Crippen LogP contribution in [-0.2, 0) is 9.53 Å². The number of carbonyl (C=O) groups excluding carboxylic acids is 1. The van der Waals surface area contributed by atoms with Crippen molar-refractivity contribution in [2.75, 3.05) is 32.6 Å². The molecule has 2 aliphatic rings. The summed E-state index contributed by atoms with van der Waals surface area (Å²) in [5.41, 5.74) is 0.250. The number of methoxy groups -OCH3 is 1. The van der Waals surface area contributed by atoms with Crippen molar-refractivity contribution in [1.29, 1.82) is 0 Å². The van der Waals surface area contributed by atoms with E-state index in [9.17, 15) is 4.79 Å². The number of rotatable bonds is 5. The van der Waals surface area contributed by atoms with Gasteiger partial charge in [-0.15, -0.1) is 0 Å². The van der Waals surface area contributed by atoms with Gasteiger partial charge in [-0.1, -0.05) is 0 Å². The summed E-state index contributed by atoms with van der Waals surface area (Å²) in [5, 5.41) is 0. The van der Waals surface area contributed by atoms with E-state index in [1.54, 1.807) is 7.11 Å². The molecule has 0 aromatic rings. The van der Waals surface area contributed by atoms with E-state index >= 15 is 0 Å². The highest BCUT2D eigenvalue weighted by Crippen LogP contribution is 2.50. The first-order chi connectivity index (χ1) is 7.69. The van der Waals surface area contributed by atoms with Gasteiger partial charge in [0.1, 0.15) is 0 Å². The second-order valence-electron chi connectivity index (χ2n) is 5.28. The molecule has 0 N–H and O–H groups in total. The number of ether oxygens (including phenoxy) is 1. The third-order valence-corrected chi connectivity index (χ3v) is 4.53. The van der Waals surface area contributed by atoms with Crippen molar-refractivity contribution in [3.05, 3.63) is 0 Å². The van der Waals surface area contributed by atoms with E-state index in [0.717, 1.165) is 31.9 Å². The Bertz CT molecular complexity index is 266. The van der Waals surface area contributed by atoms with Gasteiger partial charge in [0.25, 0.3) is 0 Å². The van der Waals surface area contributed by atoms with E-state index in [-0.39, 0.29) is 5.41 Å². The van der Waals surface area contributed by atoms with Gasteiger partial charge in [0.05, 0.1) is 6.61 Å². The van der Waals surface area contributed by atoms with Crippen LogP contribution in [0, 0.1) is 11.3 Å². The van der Waals surface area contributed by atoms with Gasteiger partial charge >= 0.3 is 0 Å². The zero-order valence-corrected chi connectivity index (χ0v) is 10.8. The fourth-order valence-electron chi connectivity index (χ4n) is 2.43. The lowest BCUT2D eigenvalue weighted by Crippen LogP contribution is -2.31. The van der Waals surface area contributed by atoms with Gasteiger partial charge < -0.3 is 9.64 Å². The standard InChI is InChI=1S/C12H21NO2S/c1-15-8-10-2-5-13(7-10)11(14)6-12(9-16)3-4-12/h10,16H,2-9H2,1H3. The average Bonchev–Trinajstić information content (AvgIpc) is 2.88. The summed E-state index contributed by atoms with van der Waals surface area (Å²) >= 11 is 4.34. The molecule has 2 fully saturated rings. The molecule has 4 heteroatoms. The van der Waals surface area contributed by atoms with E-state index in [1.165, 1.54) is 12.8 Å². The largest absolute Gasteiger partial charge is 0.384 e. The molecule has 1 aliphatic carbocycles. The predicted octanol–water partition coefficient (Wildman–Crippen LogP) is 1.58. The highest BCUT2D eigenvalue weighted by atomic mass is 32.1. The number of carbonyl (C=O) groups is 1. The maximum absolute atomic E-state index is 12.1. The number of hydrogen-bond acceptors (Lipinski definition) is 3. The summed E-state index contributed by atoms with van der Waals surface area (Å²) in [6.07, 6.45) is 4.15. The number of hydrogen-bond donors (Lipinski definition) is 1. The predicted molar refractivity (Wildman–Crippen MR) is 66.7 cm³/mol. The zero-order chi connectivity index (χ0) is 11.6. The molecular weight excluding hydrogens is 222 g/mol. The fraction of sp³-hybridized carbons (Fsp3) is 0.917. The first kappa shape index (κ1) is 12.2. The lowest BCUT2D eigenvalue weighted by atomic mass is 10.0. The van der Waals surface area contributed by atoms with Gasteiger partial charge in [-0.25, -0.2) is 0 Å². The van der Waals surface area contributed by atoms with Gasteiger partial charge in [-0.2, -0.15) is 12.6 Å². The fourth-order valence-corrected chi connectivity index (χ4v) is 2.86. The molecule has 1 saturated heterocycles. The van der Waals surface area contributed by atoms with Crippen molar-refractivity contribution >= 4 is 18.5 Å². The van der Waals surface area contributed by atoms with Crippen molar-refractivity contribution in [2.45, 2.75) is 25.7 Å². The minimum absolute atomic E-state index is 0.250. The van der Waals surface area contributed by atoms with Gasteiger partial charge in [0.2, 0.25) is 5.91 Å². The second-order valence-corrected chi connectivity index (χ2v) is 5.60. The Labute approximate surface area is 103 Å². The zero-order valence-electron chi connectivity index (χ0n) is 9.95. The summed E-state index contributed by atoms with van der Waals surface area (Å²) in [5.74, 6) is 1.72. The molecule has 1 atom stereocenters. The van der Waals surface area contributed by atoms with E-state index in [1.807, 2.05) is 4.90 Å². The van der Waals surface area contributed by atoms with Gasteiger partial charge in [0, 0.05) is 32.5 Å². The van der Waals surface area contributed by atoms with Crippen molar-refractivity contribution in [3.63, 3.8) is 0 Å². The molecular formula is C12H21NO2S. The number of nitrogens with zero attached hydrogens (tertiary/aromatic N) is 1. The average molecular weight is 243 g/mol. The van der Waals surface area contributed by atoms with Crippen LogP contribution >= 0.6 is 12.6 Å². The highest BCUT2D eigenvalue weighted by molar-refractivity contribution is 7.80. The van der Waals surface area contributed by atoms with Crippen LogP contribution in [0.3, 0.4) is 0 Å². The van der Waals surface area contributed by atoms with Crippen LogP contribution in [0.5, 0.6) is 0 Å². The van der Waals surface area contributed by atoms with Crippen LogP contribution in [0.1, 0.15) is 25.7 Å². The van der Waals surface area contributed by atoms with Gasteiger partial charge in [-0.05, 0) is 30.4 Å². The van der Waals surface area contributed by atoms with E-state index in [4.69, 9.17) is 4.74 Å².